The molecular formula is C13H19NO4. The summed E-state index contributed by atoms with van der Waals surface area (Å²) in [6, 6.07) is 3.78. The molecule has 1 fully saturated rings. The van der Waals surface area contributed by atoms with Crippen molar-refractivity contribution in [1.29, 1.82) is 0 Å². The van der Waals surface area contributed by atoms with Gasteiger partial charge in [0.2, 0.25) is 5.76 Å². The van der Waals surface area contributed by atoms with E-state index in [-0.39, 0.29) is 11.9 Å². The van der Waals surface area contributed by atoms with Crippen LogP contribution in [0.3, 0.4) is 0 Å². The first kappa shape index (κ1) is 13.1. The molecule has 18 heavy (non-hydrogen) atoms. The second kappa shape index (κ2) is 6.02. The molecule has 1 aliphatic heterocycles. The van der Waals surface area contributed by atoms with Crippen LogP contribution in [0.4, 0.5) is 0 Å². The van der Waals surface area contributed by atoms with Crippen molar-refractivity contribution in [3.8, 4) is 0 Å². The van der Waals surface area contributed by atoms with Crippen molar-refractivity contribution in [2.45, 2.75) is 39.0 Å². The Morgan fingerprint density at radius 1 is 1.56 bits per heavy atom. The van der Waals surface area contributed by atoms with Crippen molar-refractivity contribution in [1.82, 2.24) is 5.32 Å². The maximum Gasteiger partial charge on any atom is 0.374 e. The van der Waals surface area contributed by atoms with E-state index < -0.39 is 5.97 Å². The Hall–Kier alpha value is -1.33. The molecule has 0 aliphatic carbocycles. The summed E-state index contributed by atoms with van der Waals surface area (Å²) in [7, 11) is 0. The number of hydrogen-bond donors (Lipinski definition) is 1. The first-order valence-corrected chi connectivity index (χ1v) is 6.31. The van der Waals surface area contributed by atoms with Gasteiger partial charge >= 0.3 is 5.97 Å². The molecule has 2 rings (SSSR count). The lowest BCUT2D eigenvalue weighted by Gasteiger charge is -2.14. The average molecular weight is 253 g/mol. The summed E-state index contributed by atoms with van der Waals surface area (Å²) < 4.78 is 15.7. The van der Waals surface area contributed by atoms with Crippen LogP contribution in [0.5, 0.6) is 0 Å². The first-order chi connectivity index (χ1) is 8.70. The zero-order chi connectivity index (χ0) is 13.0. The summed E-state index contributed by atoms with van der Waals surface area (Å²) in [5, 5.41) is 3.36. The Morgan fingerprint density at radius 3 is 3.06 bits per heavy atom. The quantitative estimate of drug-likeness (QED) is 0.810. The normalized spacial score (nSPS) is 23.2. The molecule has 0 unspecified atom stereocenters. The Morgan fingerprint density at radius 2 is 2.39 bits per heavy atom. The minimum atomic E-state index is -0.415. The lowest BCUT2D eigenvalue weighted by Crippen LogP contribution is -2.33. The van der Waals surface area contributed by atoms with Crippen molar-refractivity contribution in [2.24, 2.45) is 0 Å². The van der Waals surface area contributed by atoms with E-state index >= 15 is 0 Å². The molecule has 1 aromatic rings. The number of ether oxygens (including phenoxy) is 2. The Labute approximate surface area is 106 Å². The molecule has 5 nitrogen and oxygen atoms in total. The molecule has 100 valence electrons. The van der Waals surface area contributed by atoms with Crippen LogP contribution in [-0.4, -0.2) is 31.3 Å². The van der Waals surface area contributed by atoms with Crippen LogP contribution in [0.1, 0.15) is 36.6 Å². The molecular weight excluding hydrogens is 234 g/mol. The van der Waals surface area contributed by atoms with E-state index in [1.54, 1.807) is 19.1 Å². The summed E-state index contributed by atoms with van der Waals surface area (Å²) in [4.78, 5) is 11.4. The lowest BCUT2D eigenvalue weighted by atomic mass is 10.1. The highest BCUT2D eigenvalue weighted by Crippen LogP contribution is 2.14. The van der Waals surface area contributed by atoms with E-state index in [0.717, 1.165) is 18.8 Å². The van der Waals surface area contributed by atoms with Gasteiger partial charge in [-0.2, -0.15) is 0 Å². The fraction of sp³-hybridized carbons (Fsp3) is 0.615. The Kier molecular flexibility index (Phi) is 4.38. The SMILES string of the molecule is CCOC(=O)c1ccc(CN[C@H]2CCO[C@@H]2C)o1. The fourth-order valence-electron chi connectivity index (χ4n) is 2.02. The summed E-state index contributed by atoms with van der Waals surface area (Å²) in [5.74, 6) is 0.572. The smallest absolute Gasteiger partial charge is 0.374 e. The third-order valence-electron chi connectivity index (χ3n) is 3.05. The zero-order valence-corrected chi connectivity index (χ0v) is 10.8. The summed E-state index contributed by atoms with van der Waals surface area (Å²) in [5.41, 5.74) is 0. The van der Waals surface area contributed by atoms with E-state index in [9.17, 15) is 4.79 Å². The largest absolute Gasteiger partial charge is 0.460 e. The van der Waals surface area contributed by atoms with Gasteiger partial charge in [0.15, 0.2) is 0 Å². The molecule has 2 heterocycles. The number of hydrogen-bond acceptors (Lipinski definition) is 5. The summed E-state index contributed by atoms with van der Waals surface area (Å²) >= 11 is 0. The minimum absolute atomic E-state index is 0.226. The second-order valence-electron chi connectivity index (χ2n) is 4.34. The van der Waals surface area contributed by atoms with Crippen molar-refractivity contribution < 1.29 is 18.7 Å². The predicted molar refractivity (Wildman–Crippen MR) is 65.3 cm³/mol. The number of rotatable bonds is 5. The molecule has 0 amide bonds. The summed E-state index contributed by atoms with van der Waals surface area (Å²) in [6.45, 7) is 5.56. The summed E-state index contributed by atoms with van der Waals surface area (Å²) in [6.07, 6.45) is 1.23. The molecule has 5 heteroatoms. The molecule has 0 aromatic carbocycles. The molecule has 1 N–H and O–H groups in total. The number of nitrogens with one attached hydrogen (secondary N) is 1. The number of furan rings is 1. The predicted octanol–water partition coefficient (Wildman–Crippen LogP) is 1.72. The van der Waals surface area contributed by atoms with E-state index in [1.165, 1.54) is 0 Å². The van der Waals surface area contributed by atoms with Crippen molar-refractivity contribution in [3.05, 3.63) is 23.7 Å². The van der Waals surface area contributed by atoms with Gasteiger partial charge in [-0.15, -0.1) is 0 Å². The maximum atomic E-state index is 11.4. The highest BCUT2D eigenvalue weighted by atomic mass is 16.5. The van der Waals surface area contributed by atoms with Gasteiger partial charge in [-0.3, -0.25) is 0 Å². The van der Waals surface area contributed by atoms with Crippen LogP contribution in [0.15, 0.2) is 16.5 Å². The first-order valence-electron chi connectivity index (χ1n) is 6.31. The third kappa shape index (κ3) is 3.11. The second-order valence-corrected chi connectivity index (χ2v) is 4.34. The topological polar surface area (TPSA) is 60.7 Å². The van der Waals surface area contributed by atoms with Crippen LogP contribution in [0.25, 0.3) is 0 Å². The molecule has 0 radical (unpaired) electrons. The highest BCUT2D eigenvalue weighted by Gasteiger charge is 2.23. The standard InChI is InChI=1S/C13H19NO4/c1-3-16-13(15)12-5-4-10(18-12)8-14-11-6-7-17-9(11)2/h4-5,9,11,14H,3,6-8H2,1-2H3/t9-,11+/m1/s1. The average Bonchev–Trinajstić information content (AvgIpc) is 2.96. The number of carbonyl (C=O) groups excluding carboxylic acids is 1. The molecule has 2 atom stereocenters. The molecule has 0 saturated carbocycles. The van der Waals surface area contributed by atoms with Gasteiger partial charge in [-0.25, -0.2) is 4.79 Å². The van der Waals surface area contributed by atoms with Crippen LogP contribution < -0.4 is 5.32 Å². The lowest BCUT2D eigenvalue weighted by molar-refractivity contribution is 0.0487. The monoisotopic (exact) mass is 253 g/mol. The van der Waals surface area contributed by atoms with Crippen LogP contribution in [-0.2, 0) is 16.0 Å². The number of carbonyl (C=O) groups is 1. The third-order valence-corrected chi connectivity index (χ3v) is 3.05. The highest BCUT2D eigenvalue weighted by molar-refractivity contribution is 5.86. The van der Waals surface area contributed by atoms with Gasteiger partial charge in [-0.1, -0.05) is 0 Å². The Balaban J connectivity index is 1.85. The minimum Gasteiger partial charge on any atom is -0.460 e. The van der Waals surface area contributed by atoms with Crippen LogP contribution in [0.2, 0.25) is 0 Å². The Bertz CT molecular complexity index is 401. The van der Waals surface area contributed by atoms with Crippen molar-refractivity contribution >= 4 is 5.97 Å². The molecule has 1 saturated heterocycles. The molecule has 0 spiro atoms. The number of esters is 1. The van der Waals surface area contributed by atoms with Gasteiger partial charge in [0, 0.05) is 12.6 Å². The van der Waals surface area contributed by atoms with Crippen molar-refractivity contribution in [3.63, 3.8) is 0 Å². The van der Waals surface area contributed by atoms with E-state index in [2.05, 4.69) is 12.2 Å². The zero-order valence-electron chi connectivity index (χ0n) is 10.8. The van der Waals surface area contributed by atoms with E-state index in [0.29, 0.717) is 19.2 Å². The fourth-order valence-corrected chi connectivity index (χ4v) is 2.02. The van der Waals surface area contributed by atoms with E-state index in [1.807, 2.05) is 0 Å². The molecule has 1 aromatic heterocycles. The molecule has 1 aliphatic rings. The molecule has 0 bridgehead atoms. The van der Waals surface area contributed by atoms with Gasteiger partial charge in [0.05, 0.1) is 19.3 Å². The van der Waals surface area contributed by atoms with Gasteiger partial charge < -0.3 is 19.2 Å². The van der Waals surface area contributed by atoms with Gasteiger partial charge in [0.1, 0.15) is 5.76 Å². The van der Waals surface area contributed by atoms with Gasteiger partial charge in [-0.05, 0) is 32.4 Å². The maximum absolute atomic E-state index is 11.4. The van der Waals surface area contributed by atoms with Crippen LogP contribution in [0, 0.1) is 0 Å². The van der Waals surface area contributed by atoms with Gasteiger partial charge in [0.25, 0.3) is 0 Å². The van der Waals surface area contributed by atoms with Crippen LogP contribution >= 0.6 is 0 Å². The van der Waals surface area contributed by atoms with E-state index in [4.69, 9.17) is 13.9 Å². The van der Waals surface area contributed by atoms with Crippen molar-refractivity contribution in [2.75, 3.05) is 13.2 Å².